The zero-order valence-corrected chi connectivity index (χ0v) is 22.1. The van der Waals surface area contributed by atoms with Crippen molar-refractivity contribution in [1.29, 1.82) is 0 Å². The summed E-state index contributed by atoms with van der Waals surface area (Å²) in [6, 6.07) is 9.49. The Hall–Kier alpha value is -3.98. The zero-order chi connectivity index (χ0) is 26.3. The van der Waals surface area contributed by atoms with Gasteiger partial charge in [0.2, 0.25) is 0 Å². The number of pyridine rings is 2. The molecular formula is C28H32N6O3. The number of nitrogens with zero attached hydrogens (tertiary/aromatic N) is 6. The lowest BCUT2D eigenvalue weighted by atomic mass is 10.00. The number of hydrogen-bond acceptors (Lipinski definition) is 7. The first kappa shape index (κ1) is 24.7. The maximum absolute atomic E-state index is 13.5. The third kappa shape index (κ3) is 4.40. The highest BCUT2D eigenvalue weighted by atomic mass is 16.5. The first-order valence-electron chi connectivity index (χ1n) is 12.4. The summed E-state index contributed by atoms with van der Waals surface area (Å²) < 4.78 is 15.3. The molecular weight excluding hydrogens is 468 g/mol. The van der Waals surface area contributed by atoms with Gasteiger partial charge in [-0.2, -0.15) is 0 Å². The Morgan fingerprint density at radius 3 is 2.65 bits per heavy atom. The van der Waals surface area contributed by atoms with Gasteiger partial charge in [-0.3, -0.25) is 19.1 Å². The molecule has 0 bridgehead atoms. The SMILES string of the molecule is Cc1noc(C)c1-c1cc2ncc3c(c2cc1OCCCN(C)C)n([C@H](C)c1ccccn1)c(=O)n3C. The van der Waals surface area contributed by atoms with Crippen LogP contribution in [0.2, 0.25) is 0 Å². The van der Waals surface area contributed by atoms with E-state index in [0.717, 1.165) is 63.2 Å². The highest BCUT2D eigenvalue weighted by Gasteiger charge is 2.23. The Kier molecular flexibility index (Phi) is 6.55. The number of rotatable bonds is 8. The van der Waals surface area contributed by atoms with Crippen molar-refractivity contribution < 1.29 is 9.26 Å². The Morgan fingerprint density at radius 2 is 1.97 bits per heavy atom. The number of benzene rings is 1. The summed E-state index contributed by atoms with van der Waals surface area (Å²) in [6.07, 6.45) is 4.38. The summed E-state index contributed by atoms with van der Waals surface area (Å²) >= 11 is 0. The Balaban J connectivity index is 1.75. The third-order valence-corrected chi connectivity index (χ3v) is 6.83. The fourth-order valence-corrected chi connectivity index (χ4v) is 4.91. The summed E-state index contributed by atoms with van der Waals surface area (Å²) in [6.45, 7) is 7.28. The molecule has 4 aromatic heterocycles. The smallest absolute Gasteiger partial charge is 0.329 e. The second kappa shape index (κ2) is 9.82. The van der Waals surface area contributed by atoms with Crippen molar-refractivity contribution in [3.63, 3.8) is 0 Å². The van der Waals surface area contributed by atoms with Crippen LogP contribution in [0, 0.1) is 13.8 Å². The van der Waals surface area contributed by atoms with E-state index >= 15 is 0 Å². The van der Waals surface area contributed by atoms with Crippen LogP contribution in [0.25, 0.3) is 33.1 Å². The van der Waals surface area contributed by atoms with Crippen LogP contribution in [0.5, 0.6) is 5.75 Å². The lowest BCUT2D eigenvalue weighted by molar-refractivity contribution is 0.282. The molecule has 37 heavy (non-hydrogen) atoms. The van der Waals surface area contributed by atoms with Gasteiger partial charge >= 0.3 is 5.69 Å². The largest absolute Gasteiger partial charge is 0.493 e. The first-order valence-corrected chi connectivity index (χ1v) is 12.4. The van der Waals surface area contributed by atoms with E-state index in [4.69, 9.17) is 14.2 Å². The van der Waals surface area contributed by atoms with Crippen molar-refractivity contribution in [2.75, 3.05) is 27.2 Å². The van der Waals surface area contributed by atoms with E-state index in [2.05, 4.69) is 15.0 Å². The number of aryl methyl sites for hydroxylation is 3. The number of fused-ring (bicyclic) bond motifs is 3. The predicted octanol–water partition coefficient (Wildman–Crippen LogP) is 4.49. The second-order valence-corrected chi connectivity index (χ2v) is 9.70. The van der Waals surface area contributed by atoms with Crippen molar-refractivity contribution in [3.05, 3.63) is 70.4 Å². The van der Waals surface area contributed by atoms with Gasteiger partial charge in [0, 0.05) is 30.7 Å². The van der Waals surface area contributed by atoms with Crippen molar-refractivity contribution in [1.82, 2.24) is 29.2 Å². The molecule has 0 aliphatic heterocycles. The molecule has 9 nitrogen and oxygen atoms in total. The Labute approximate surface area is 215 Å². The molecule has 0 saturated heterocycles. The normalized spacial score (nSPS) is 12.6. The van der Waals surface area contributed by atoms with E-state index in [1.807, 2.05) is 65.2 Å². The molecule has 0 unspecified atom stereocenters. The third-order valence-electron chi connectivity index (χ3n) is 6.83. The molecule has 4 heterocycles. The number of imidazole rings is 1. The van der Waals surface area contributed by atoms with E-state index in [9.17, 15) is 4.79 Å². The van der Waals surface area contributed by atoms with Crippen molar-refractivity contribution >= 4 is 21.9 Å². The molecule has 0 fully saturated rings. The summed E-state index contributed by atoms with van der Waals surface area (Å²) in [7, 11) is 5.87. The average Bonchev–Trinajstić information content (AvgIpc) is 3.36. The minimum atomic E-state index is -0.269. The molecule has 0 amide bonds. The zero-order valence-electron chi connectivity index (χ0n) is 22.1. The van der Waals surface area contributed by atoms with Gasteiger partial charge in [-0.15, -0.1) is 0 Å². The molecule has 0 N–H and O–H groups in total. The Bertz CT molecular complexity index is 1610. The standard InChI is InChI=1S/C28H32N6O3/c1-17-26(19(3)37-31-17)21-14-23-20(15-25(21)36-13-9-12-32(4)5)27-24(16-30-23)33(6)28(35)34(27)18(2)22-10-7-8-11-29-22/h7-8,10-11,14-16,18H,9,12-13H2,1-6H3/t18-/m1/s1. The molecule has 0 saturated carbocycles. The minimum Gasteiger partial charge on any atom is -0.493 e. The number of aromatic nitrogens is 5. The van der Waals surface area contributed by atoms with Crippen LogP contribution in [0.1, 0.15) is 36.5 Å². The van der Waals surface area contributed by atoms with Gasteiger partial charge in [0.1, 0.15) is 11.5 Å². The lowest BCUT2D eigenvalue weighted by Crippen LogP contribution is -2.25. The molecule has 1 aromatic carbocycles. The molecule has 5 rings (SSSR count). The molecule has 0 spiro atoms. The van der Waals surface area contributed by atoms with Crippen LogP contribution in [-0.4, -0.2) is 56.4 Å². The molecule has 9 heteroatoms. The lowest BCUT2D eigenvalue weighted by Gasteiger charge is -2.17. The first-order chi connectivity index (χ1) is 17.8. The predicted molar refractivity (Wildman–Crippen MR) is 144 cm³/mol. The maximum atomic E-state index is 13.5. The monoisotopic (exact) mass is 500 g/mol. The van der Waals surface area contributed by atoms with Gasteiger partial charge in [-0.25, -0.2) is 4.79 Å². The van der Waals surface area contributed by atoms with Crippen molar-refractivity contribution in [2.24, 2.45) is 7.05 Å². The van der Waals surface area contributed by atoms with E-state index in [-0.39, 0.29) is 11.7 Å². The highest BCUT2D eigenvalue weighted by molar-refractivity contribution is 6.05. The van der Waals surface area contributed by atoms with Crippen LogP contribution in [0.4, 0.5) is 0 Å². The number of ether oxygens (including phenoxy) is 1. The summed E-state index contributed by atoms with van der Waals surface area (Å²) in [5.41, 5.74) is 5.58. The molecule has 5 aromatic rings. The molecule has 0 radical (unpaired) electrons. The van der Waals surface area contributed by atoms with Gasteiger partial charge in [0.15, 0.2) is 0 Å². The van der Waals surface area contributed by atoms with E-state index in [1.165, 1.54) is 0 Å². The van der Waals surface area contributed by atoms with Gasteiger partial charge in [-0.1, -0.05) is 11.2 Å². The average molecular weight is 501 g/mol. The van der Waals surface area contributed by atoms with Gasteiger partial charge in [0.25, 0.3) is 0 Å². The molecule has 0 aliphatic rings. The second-order valence-electron chi connectivity index (χ2n) is 9.70. The molecule has 0 aliphatic carbocycles. The van der Waals surface area contributed by atoms with Crippen LogP contribution >= 0.6 is 0 Å². The van der Waals surface area contributed by atoms with Crippen LogP contribution in [0.3, 0.4) is 0 Å². The Morgan fingerprint density at radius 1 is 1.16 bits per heavy atom. The van der Waals surface area contributed by atoms with Gasteiger partial charge in [-0.05, 0) is 65.6 Å². The quantitative estimate of drug-likeness (QED) is 0.290. The van der Waals surface area contributed by atoms with E-state index in [1.54, 1.807) is 28.6 Å². The minimum absolute atomic E-state index is 0.120. The topological polar surface area (TPSA) is 91.2 Å². The molecule has 192 valence electrons. The van der Waals surface area contributed by atoms with E-state index < -0.39 is 0 Å². The summed E-state index contributed by atoms with van der Waals surface area (Å²) in [5, 5.41) is 5.00. The van der Waals surface area contributed by atoms with Crippen molar-refractivity contribution in [2.45, 2.75) is 33.2 Å². The van der Waals surface area contributed by atoms with Gasteiger partial charge < -0.3 is 14.2 Å². The van der Waals surface area contributed by atoms with Crippen LogP contribution < -0.4 is 10.4 Å². The van der Waals surface area contributed by atoms with Gasteiger partial charge in [0.05, 0.1) is 52.3 Å². The van der Waals surface area contributed by atoms with E-state index in [0.29, 0.717) is 12.4 Å². The summed E-state index contributed by atoms with van der Waals surface area (Å²) in [4.78, 5) is 24.9. The fraction of sp³-hybridized carbons (Fsp3) is 0.357. The van der Waals surface area contributed by atoms with Crippen LogP contribution in [0.15, 0.2) is 52.0 Å². The van der Waals surface area contributed by atoms with Crippen LogP contribution in [-0.2, 0) is 7.05 Å². The maximum Gasteiger partial charge on any atom is 0.329 e. The fourth-order valence-electron chi connectivity index (χ4n) is 4.91. The molecule has 1 atom stereocenters. The summed E-state index contributed by atoms with van der Waals surface area (Å²) in [5.74, 6) is 1.43. The van der Waals surface area contributed by atoms with Crippen molar-refractivity contribution in [3.8, 4) is 16.9 Å². The number of hydrogen-bond donors (Lipinski definition) is 0. The highest BCUT2D eigenvalue weighted by Crippen LogP contribution is 2.39.